The monoisotopic (exact) mass is 315 g/mol. The Morgan fingerprint density at radius 2 is 1.86 bits per heavy atom. The minimum atomic E-state index is -0.0940. The molecule has 0 spiro atoms. The van der Waals surface area contributed by atoms with Gasteiger partial charge in [0.2, 0.25) is 0 Å². The van der Waals surface area contributed by atoms with Crippen LogP contribution in [0.2, 0.25) is 0 Å². The van der Waals surface area contributed by atoms with Gasteiger partial charge in [0.15, 0.2) is 5.65 Å². The topological polar surface area (TPSA) is 59.5 Å². The van der Waals surface area contributed by atoms with E-state index in [-0.39, 0.29) is 12.3 Å². The number of rotatable bonds is 6. The number of nitrogens with zero attached hydrogens (tertiary/aromatic N) is 3. The molecule has 0 amide bonds. The van der Waals surface area contributed by atoms with Gasteiger partial charge in [-0.2, -0.15) is 11.8 Å². The van der Waals surface area contributed by atoms with E-state index in [0.29, 0.717) is 12.2 Å². The molecule has 6 heteroatoms. The lowest BCUT2D eigenvalue weighted by Gasteiger charge is -2.03. The van der Waals surface area contributed by atoms with Gasteiger partial charge in [-0.25, -0.2) is 9.48 Å². The molecule has 1 aromatic carbocycles. The Morgan fingerprint density at radius 3 is 2.59 bits per heavy atom. The van der Waals surface area contributed by atoms with E-state index in [1.165, 1.54) is 10.2 Å². The Morgan fingerprint density at radius 1 is 1.09 bits per heavy atom. The Bertz CT molecular complexity index is 808. The average molecular weight is 315 g/mol. The smallest absolute Gasteiger partial charge is 0.350 e. The Hall–Kier alpha value is -2.05. The fourth-order valence-corrected chi connectivity index (χ4v) is 3.07. The second-order valence-corrected chi connectivity index (χ2v) is 6.07. The third-order valence-corrected chi connectivity index (χ3v) is 4.42. The molecule has 22 heavy (non-hydrogen) atoms. The van der Waals surface area contributed by atoms with Crippen LogP contribution in [0.4, 0.5) is 0 Å². The average Bonchev–Trinajstić information content (AvgIpc) is 2.89. The summed E-state index contributed by atoms with van der Waals surface area (Å²) in [6.07, 6.45) is 1.73. The van der Waals surface area contributed by atoms with Crippen LogP contribution in [0.1, 0.15) is 11.1 Å². The van der Waals surface area contributed by atoms with Gasteiger partial charge < -0.3 is 5.11 Å². The van der Waals surface area contributed by atoms with Crippen molar-refractivity contribution in [3.63, 3.8) is 0 Å². The SMILES string of the molecule is O=c1n(CCSCc2ccc(CO)cc2)nc2ccccn12. The molecular formula is C16H17N3O2S. The van der Waals surface area contributed by atoms with Crippen molar-refractivity contribution in [1.82, 2.24) is 14.2 Å². The molecule has 0 saturated heterocycles. The van der Waals surface area contributed by atoms with Crippen LogP contribution in [0.5, 0.6) is 0 Å². The Balaban J connectivity index is 1.55. The Labute approximate surface area is 132 Å². The van der Waals surface area contributed by atoms with Crippen LogP contribution in [-0.2, 0) is 18.9 Å². The molecule has 0 aliphatic heterocycles. The number of fused-ring (bicyclic) bond motifs is 1. The number of aliphatic hydroxyl groups excluding tert-OH is 1. The van der Waals surface area contributed by atoms with Crippen LogP contribution >= 0.6 is 11.8 Å². The van der Waals surface area contributed by atoms with E-state index in [9.17, 15) is 4.79 Å². The Kier molecular flexibility index (Phi) is 4.60. The lowest BCUT2D eigenvalue weighted by Crippen LogP contribution is -2.22. The number of hydrogen-bond acceptors (Lipinski definition) is 4. The zero-order valence-corrected chi connectivity index (χ0v) is 12.9. The normalized spacial score (nSPS) is 11.1. The van der Waals surface area contributed by atoms with Crippen LogP contribution in [0, 0.1) is 0 Å². The molecule has 114 valence electrons. The molecule has 0 fully saturated rings. The highest BCUT2D eigenvalue weighted by molar-refractivity contribution is 7.98. The van der Waals surface area contributed by atoms with Crippen molar-refractivity contribution in [1.29, 1.82) is 0 Å². The first-order valence-electron chi connectivity index (χ1n) is 7.08. The molecule has 5 nitrogen and oxygen atoms in total. The molecule has 3 rings (SSSR count). The largest absolute Gasteiger partial charge is 0.392 e. The lowest BCUT2D eigenvalue weighted by molar-refractivity contribution is 0.282. The first-order valence-corrected chi connectivity index (χ1v) is 8.24. The molecule has 0 saturated carbocycles. The zero-order valence-electron chi connectivity index (χ0n) is 12.1. The summed E-state index contributed by atoms with van der Waals surface area (Å²) in [4.78, 5) is 12.1. The minimum absolute atomic E-state index is 0.0736. The number of aryl methyl sites for hydroxylation is 1. The fraction of sp³-hybridized carbons (Fsp3) is 0.250. The highest BCUT2D eigenvalue weighted by atomic mass is 32.2. The van der Waals surface area contributed by atoms with Crippen molar-refractivity contribution in [3.8, 4) is 0 Å². The molecule has 3 aromatic rings. The molecule has 0 aliphatic rings. The molecule has 0 unspecified atom stereocenters. The predicted octanol–water partition coefficient (Wildman–Crippen LogP) is 1.92. The number of thioether (sulfide) groups is 1. The minimum Gasteiger partial charge on any atom is -0.392 e. The highest BCUT2D eigenvalue weighted by Gasteiger charge is 2.05. The van der Waals surface area contributed by atoms with Gasteiger partial charge in [0.25, 0.3) is 0 Å². The summed E-state index contributed by atoms with van der Waals surface area (Å²) < 4.78 is 3.06. The van der Waals surface area contributed by atoms with Crippen molar-refractivity contribution in [2.75, 3.05) is 5.75 Å². The second kappa shape index (κ2) is 6.81. The van der Waals surface area contributed by atoms with E-state index in [1.54, 1.807) is 22.4 Å². The number of aromatic nitrogens is 3. The van der Waals surface area contributed by atoms with E-state index in [2.05, 4.69) is 5.10 Å². The molecular weight excluding hydrogens is 298 g/mol. The first-order chi connectivity index (χ1) is 10.8. The van der Waals surface area contributed by atoms with E-state index in [1.807, 2.05) is 42.5 Å². The number of aliphatic hydroxyl groups is 1. The maximum atomic E-state index is 12.1. The first kappa shape index (κ1) is 14.9. The molecule has 0 radical (unpaired) electrons. The summed E-state index contributed by atoms with van der Waals surface area (Å²) >= 11 is 1.76. The summed E-state index contributed by atoms with van der Waals surface area (Å²) in [7, 11) is 0. The van der Waals surface area contributed by atoms with Crippen molar-refractivity contribution in [2.45, 2.75) is 18.9 Å². The van der Waals surface area contributed by atoms with Gasteiger partial charge in [0.05, 0.1) is 13.2 Å². The molecule has 0 aliphatic carbocycles. The summed E-state index contributed by atoms with van der Waals surface area (Å²) in [5.41, 5.74) is 2.72. The van der Waals surface area contributed by atoms with Crippen LogP contribution < -0.4 is 5.69 Å². The standard InChI is InChI=1S/C16H17N3O2S/c20-11-13-4-6-14(7-5-13)12-22-10-9-19-16(21)18-8-2-1-3-15(18)17-19/h1-8,20H,9-12H2. The van der Waals surface area contributed by atoms with E-state index in [4.69, 9.17) is 5.11 Å². The number of benzene rings is 1. The summed E-state index contributed by atoms with van der Waals surface area (Å²) in [5.74, 6) is 1.71. The quantitative estimate of drug-likeness (QED) is 0.706. The van der Waals surface area contributed by atoms with Crippen LogP contribution in [-0.4, -0.2) is 25.0 Å². The molecule has 2 aromatic heterocycles. The molecule has 2 heterocycles. The summed E-state index contributed by atoms with van der Waals surface area (Å²) in [6, 6.07) is 13.4. The lowest BCUT2D eigenvalue weighted by atomic mass is 10.2. The number of pyridine rings is 1. The molecule has 0 atom stereocenters. The van der Waals surface area contributed by atoms with Gasteiger partial charge >= 0.3 is 5.69 Å². The van der Waals surface area contributed by atoms with Crippen molar-refractivity contribution < 1.29 is 5.11 Å². The maximum Gasteiger partial charge on any atom is 0.350 e. The summed E-state index contributed by atoms with van der Waals surface area (Å²) in [6.45, 7) is 0.671. The van der Waals surface area contributed by atoms with Gasteiger partial charge in [-0.3, -0.25) is 4.40 Å². The van der Waals surface area contributed by atoms with E-state index < -0.39 is 0 Å². The van der Waals surface area contributed by atoms with Crippen LogP contribution in [0.15, 0.2) is 53.5 Å². The van der Waals surface area contributed by atoms with E-state index >= 15 is 0 Å². The maximum absolute atomic E-state index is 12.1. The van der Waals surface area contributed by atoms with Crippen molar-refractivity contribution in [2.24, 2.45) is 0 Å². The molecule has 1 N–H and O–H groups in total. The van der Waals surface area contributed by atoms with Gasteiger partial charge in [0.1, 0.15) is 0 Å². The van der Waals surface area contributed by atoms with Crippen molar-refractivity contribution in [3.05, 3.63) is 70.3 Å². The second-order valence-electron chi connectivity index (χ2n) is 4.96. The highest BCUT2D eigenvalue weighted by Crippen LogP contribution is 2.13. The fourth-order valence-electron chi connectivity index (χ4n) is 2.20. The van der Waals surface area contributed by atoms with E-state index in [0.717, 1.165) is 17.1 Å². The van der Waals surface area contributed by atoms with Gasteiger partial charge in [-0.15, -0.1) is 5.10 Å². The van der Waals surface area contributed by atoms with Gasteiger partial charge in [-0.05, 0) is 23.3 Å². The summed E-state index contributed by atoms with van der Waals surface area (Å²) in [5, 5.41) is 13.3. The number of hydrogen-bond donors (Lipinski definition) is 1. The van der Waals surface area contributed by atoms with Crippen molar-refractivity contribution >= 4 is 17.4 Å². The molecule has 0 bridgehead atoms. The third-order valence-electron chi connectivity index (χ3n) is 3.41. The van der Waals surface area contributed by atoms with Gasteiger partial charge in [0, 0.05) is 17.7 Å². The van der Waals surface area contributed by atoms with Crippen LogP contribution in [0.25, 0.3) is 5.65 Å². The third kappa shape index (κ3) is 3.23. The zero-order chi connectivity index (χ0) is 15.4. The predicted molar refractivity (Wildman–Crippen MR) is 88.0 cm³/mol. The van der Waals surface area contributed by atoms with Gasteiger partial charge in [-0.1, -0.05) is 30.3 Å². The van der Waals surface area contributed by atoms with Crippen LogP contribution in [0.3, 0.4) is 0 Å².